The number of hydrogen-bond donors (Lipinski definition) is 2. The Kier molecular flexibility index (Phi) is 3.13. The van der Waals surface area contributed by atoms with E-state index in [0.717, 1.165) is 19.0 Å². The normalized spacial score (nSPS) is 28.5. The number of rotatable bonds is 5. The molecule has 2 nitrogen and oxygen atoms in total. The smallest absolute Gasteiger partial charge is 0.0165 e. The van der Waals surface area contributed by atoms with Crippen molar-refractivity contribution in [3.05, 3.63) is 0 Å². The van der Waals surface area contributed by atoms with Crippen molar-refractivity contribution in [3.63, 3.8) is 0 Å². The topological polar surface area (TPSA) is 38.0 Å². The van der Waals surface area contributed by atoms with Crippen molar-refractivity contribution in [2.24, 2.45) is 11.1 Å². The van der Waals surface area contributed by atoms with Gasteiger partial charge in [0.2, 0.25) is 0 Å². The summed E-state index contributed by atoms with van der Waals surface area (Å²) in [4.78, 5) is 0. The zero-order valence-corrected chi connectivity index (χ0v) is 8.56. The van der Waals surface area contributed by atoms with Gasteiger partial charge in [-0.1, -0.05) is 27.2 Å². The quantitative estimate of drug-likeness (QED) is 0.656. The first-order valence-electron chi connectivity index (χ1n) is 5.05. The Hall–Kier alpha value is -0.0800. The highest BCUT2D eigenvalue weighted by molar-refractivity contribution is 5.01. The SMILES string of the molecule is CCCC(N)CNC1CC1(C)C. The summed E-state index contributed by atoms with van der Waals surface area (Å²) in [5.41, 5.74) is 6.42. The molecule has 1 aliphatic carbocycles. The van der Waals surface area contributed by atoms with Gasteiger partial charge in [-0.05, 0) is 18.3 Å². The van der Waals surface area contributed by atoms with Crippen LogP contribution in [0.25, 0.3) is 0 Å². The van der Waals surface area contributed by atoms with E-state index in [9.17, 15) is 0 Å². The summed E-state index contributed by atoms with van der Waals surface area (Å²) in [5.74, 6) is 0. The molecule has 0 amide bonds. The van der Waals surface area contributed by atoms with Gasteiger partial charge in [0.05, 0.1) is 0 Å². The van der Waals surface area contributed by atoms with E-state index in [2.05, 4.69) is 26.1 Å². The van der Waals surface area contributed by atoms with Crippen LogP contribution in [0.5, 0.6) is 0 Å². The zero-order chi connectivity index (χ0) is 9.19. The van der Waals surface area contributed by atoms with Crippen molar-refractivity contribution < 1.29 is 0 Å². The fraction of sp³-hybridized carbons (Fsp3) is 1.00. The second-order valence-electron chi connectivity index (χ2n) is 4.70. The fourth-order valence-corrected chi connectivity index (χ4v) is 1.58. The number of nitrogens with one attached hydrogen (secondary N) is 1. The van der Waals surface area contributed by atoms with Gasteiger partial charge < -0.3 is 11.1 Å². The molecule has 0 bridgehead atoms. The van der Waals surface area contributed by atoms with Crippen LogP contribution in [0.3, 0.4) is 0 Å². The molecule has 2 heteroatoms. The summed E-state index contributed by atoms with van der Waals surface area (Å²) in [5, 5.41) is 3.51. The van der Waals surface area contributed by atoms with Crippen molar-refractivity contribution in [2.75, 3.05) is 6.54 Å². The maximum Gasteiger partial charge on any atom is 0.0165 e. The molecular formula is C10H22N2. The van der Waals surface area contributed by atoms with Crippen LogP contribution in [0.4, 0.5) is 0 Å². The van der Waals surface area contributed by atoms with Gasteiger partial charge in [0.15, 0.2) is 0 Å². The summed E-state index contributed by atoms with van der Waals surface area (Å²) in [6, 6.07) is 1.08. The van der Waals surface area contributed by atoms with E-state index < -0.39 is 0 Å². The van der Waals surface area contributed by atoms with E-state index >= 15 is 0 Å². The maximum atomic E-state index is 5.89. The molecule has 2 unspecified atom stereocenters. The molecule has 0 saturated heterocycles. The monoisotopic (exact) mass is 170 g/mol. The van der Waals surface area contributed by atoms with Crippen molar-refractivity contribution in [2.45, 2.75) is 52.1 Å². The third kappa shape index (κ3) is 2.76. The predicted octanol–water partition coefficient (Wildman–Crippen LogP) is 1.50. The van der Waals surface area contributed by atoms with Gasteiger partial charge in [0.25, 0.3) is 0 Å². The van der Waals surface area contributed by atoms with Crippen molar-refractivity contribution in [3.8, 4) is 0 Å². The molecule has 3 N–H and O–H groups in total. The van der Waals surface area contributed by atoms with Crippen LogP contribution < -0.4 is 11.1 Å². The lowest BCUT2D eigenvalue weighted by atomic mass is 10.1. The second-order valence-corrected chi connectivity index (χ2v) is 4.70. The molecule has 0 aromatic carbocycles. The maximum absolute atomic E-state index is 5.89. The first kappa shape index (κ1) is 10.0. The lowest BCUT2D eigenvalue weighted by Gasteiger charge is -2.12. The van der Waals surface area contributed by atoms with Crippen LogP contribution in [0.1, 0.15) is 40.0 Å². The fourth-order valence-electron chi connectivity index (χ4n) is 1.58. The Morgan fingerprint density at radius 3 is 2.58 bits per heavy atom. The van der Waals surface area contributed by atoms with E-state index in [1.807, 2.05) is 0 Å². The largest absolute Gasteiger partial charge is 0.327 e. The van der Waals surface area contributed by atoms with Crippen LogP contribution in [-0.4, -0.2) is 18.6 Å². The van der Waals surface area contributed by atoms with Crippen LogP contribution in [0, 0.1) is 5.41 Å². The summed E-state index contributed by atoms with van der Waals surface area (Å²) in [7, 11) is 0. The van der Waals surface area contributed by atoms with Gasteiger partial charge in [-0.15, -0.1) is 0 Å². The molecule has 0 aliphatic heterocycles. The second kappa shape index (κ2) is 3.75. The molecule has 0 aromatic rings. The average Bonchev–Trinajstić information content (AvgIpc) is 2.56. The van der Waals surface area contributed by atoms with E-state index in [4.69, 9.17) is 5.73 Å². The number of hydrogen-bond acceptors (Lipinski definition) is 2. The van der Waals surface area contributed by atoms with Crippen LogP contribution in [0.2, 0.25) is 0 Å². The molecule has 0 aromatic heterocycles. The van der Waals surface area contributed by atoms with Crippen LogP contribution in [0.15, 0.2) is 0 Å². The van der Waals surface area contributed by atoms with Crippen molar-refractivity contribution in [1.29, 1.82) is 0 Å². The summed E-state index contributed by atoms with van der Waals surface area (Å²) < 4.78 is 0. The molecule has 2 atom stereocenters. The van der Waals surface area contributed by atoms with Gasteiger partial charge in [0.1, 0.15) is 0 Å². The molecular weight excluding hydrogens is 148 g/mol. The van der Waals surface area contributed by atoms with E-state index in [1.54, 1.807) is 0 Å². The van der Waals surface area contributed by atoms with Gasteiger partial charge >= 0.3 is 0 Å². The van der Waals surface area contributed by atoms with Crippen molar-refractivity contribution in [1.82, 2.24) is 5.32 Å². The lowest BCUT2D eigenvalue weighted by Crippen LogP contribution is -2.35. The van der Waals surface area contributed by atoms with Gasteiger partial charge in [-0.25, -0.2) is 0 Å². The molecule has 1 rings (SSSR count). The van der Waals surface area contributed by atoms with E-state index in [1.165, 1.54) is 12.8 Å². The van der Waals surface area contributed by atoms with Gasteiger partial charge in [-0.3, -0.25) is 0 Å². The highest BCUT2D eigenvalue weighted by atomic mass is 15.0. The third-order valence-corrected chi connectivity index (χ3v) is 2.80. The van der Waals surface area contributed by atoms with E-state index in [0.29, 0.717) is 11.5 Å². The first-order chi connectivity index (χ1) is 5.56. The summed E-state index contributed by atoms with van der Waals surface area (Å²) in [6.45, 7) is 7.77. The lowest BCUT2D eigenvalue weighted by molar-refractivity contribution is 0.492. The molecule has 1 aliphatic rings. The minimum Gasteiger partial charge on any atom is -0.327 e. The van der Waals surface area contributed by atoms with Crippen LogP contribution in [-0.2, 0) is 0 Å². The Labute approximate surface area is 75.9 Å². The minimum absolute atomic E-state index is 0.353. The van der Waals surface area contributed by atoms with E-state index in [-0.39, 0.29) is 0 Å². The standard InChI is InChI=1S/C10H22N2/c1-4-5-8(11)7-12-9-6-10(9,2)3/h8-9,12H,4-7,11H2,1-3H3. The van der Waals surface area contributed by atoms with Crippen molar-refractivity contribution >= 4 is 0 Å². The Balaban J connectivity index is 2.03. The summed E-state index contributed by atoms with van der Waals surface area (Å²) >= 11 is 0. The highest BCUT2D eigenvalue weighted by Gasteiger charge is 2.45. The third-order valence-electron chi connectivity index (χ3n) is 2.80. The molecule has 0 heterocycles. The molecule has 12 heavy (non-hydrogen) atoms. The molecule has 1 fully saturated rings. The number of nitrogens with two attached hydrogens (primary N) is 1. The molecule has 0 radical (unpaired) electrons. The summed E-state index contributed by atoms with van der Waals surface area (Å²) in [6.07, 6.45) is 3.64. The Morgan fingerprint density at radius 1 is 1.58 bits per heavy atom. The molecule has 0 spiro atoms. The van der Waals surface area contributed by atoms with Gasteiger partial charge in [0, 0.05) is 18.6 Å². The first-order valence-corrected chi connectivity index (χ1v) is 5.05. The highest BCUT2D eigenvalue weighted by Crippen LogP contribution is 2.44. The van der Waals surface area contributed by atoms with Gasteiger partial charge in [-0.2, -0.15) is 0 Å². The average molecular weight is 170 g/mol. The predicted molar refractivity (Wildman–Crippen MR) is 53.1 cm³/mol. The Morgan fingerprint density at radius 2 is 2.17 bits per heavy atom. The van der Waals surface area contributed by atoms with Crippen LogP contribution >= 0.6 is 0 Å². The molecule has 72 valence electrons. The molecule has 1 saturated carbocycles. The minimum atomic E-state index is 0.353. The zero-order valence-electron chi connectivity index (χ0n) is 8.56. The Bertz CT molecular complexity index is 143.